The summed E-state index contributed by atoms with van der Waals surface area (Å²) in [5, 5.41) is 14.7. The van der Waals surface area contributed by atoms with E-state index < -0.39 is 11.5 Å². The van der Waals surface area contributed by atoms with Crippen LogP contribution >= 0.6 is 0 Å². The lowest BCUT2D eigenvalue weighted by Gasteiger charge is -2.27. The van der Waals surface area contributed by atoms with Gasteiger partial charge in [0.15, 0.2) is 0 Å². The van der Waals surface area contributed by atoms with Crippen molar-refractivity contribution in [2.24, 2.45) is 17.8 Å². The Balaban J connectivity index is 1.78. The molecule has 0 aromatic carbocycles. The Hall–Kier alpha value is -1.26. The maximum Gasteiger partial charge on any atom is 0.329 e. The van der Waals surface area contributed by atoms with Gasteiger partial charge in [0.25, 0.3) is 0 Å². The standard InChI is InChI=1S/C15H26N2O3/c1-3-6-15(2,13(18)19)17-14(20)16-9-12-8-10-4-5-11(12)7-10/h10-12H,3-9H2,1-2H3,(H,18,19)(H2,16,17,20). The number of hydrogen-bond acceptors (Lipinski definition) is 2. The second kappa shape index (κ2) is 6.02. The molecule has 4 unspecified atom stereocenters. The normalized spacial score (nSPS) is 30.8. The molecule has 2 aliphatic carbocycles. The molecule has 114 valence electrons. The van der Waals surface area contributed by atoms with Gasteiger partial charge in [0.2, 0.25) is 0 Å². The molecular formula is C15H26N2O3. The first-order valence-electron chi connectivity index (χ1n) is 7.74. The number of carbonyl (C=O) groups excluding carboxylic acids is 1. The molecule has 0 saturated heterocycles. The van der Waals surface area contributed by atoms with Crippen LogP contribution in [0, 0.1) is 17.8 Å². The molecular weight excluding hydrogens is 256 g/mol. The van der Waals surface area contributed by atoms with Gasteiger partial charge in [0.1, 0.15) is 5.54 Å². The van der Waals surface area contributed by atoms with E-state index in [1.54, 1.807) is 6.92 Å². The molecule has 2 saturated carbocycles. The summed E-state index contributed by atoms with van der Waals surface area (Å²) in [4.78, 5) is 23.2. The van der Waals surface area contributed by atoms with E-state index in [4.69, 9.17) is 0 Å². The molecule has 2 bridgehead atoms. The van der Waals surface area contributed by atoms with Gasteiger partial charge in [-0.2, -0.15) is 0 Å². The van der Waals surface area contributed by atoms with Crippen LogP contribution in [-0.4, -0.2) is 29.2 Å². The van der Waals surface area contributed by atoms with Crippen molar-refractivity contribution < 1.29 is 14.7 Å². The van der Waals surface area contributed by atoms with Crippen LogP contribution in [0.25, 0.3) is 0 Å². The molecule has 0 aliphatic heterocycles. The summed E-state index contributed by atoms with van der Waals surface area (Å²) < 4.78 is 0. The van der Waals surface area contributed by atoms with E-state index in [1.807, 2.05) is 6.92 Å². The molecule has 2 amide bonds. The highest BCUT2D eigenvalue weighted by molar-refractivity contribution is 5.85. The Kier molecular flexibility index (Phi) is 4.55. The molecule has 3 N–H and O–H groups in total. The van der Waals surface area contributed by atoms with Gasteiger partial charge in [-0.05, 0) is 50.4 Å². The third kappa shape index (κ3) is 3.25. The summed E-state index contributed by atoms with van der Waals surface area (Å²) in [5.41, 5.74) is -1.17. The maximum absolute atomic E-state index is 11.9. The second-order valence-corrected chi connectivity index (χ2v) is 6.66. The monoisotopic (exact) mass is 282 g/mol. The third-order valence-electron chi connectivity index (χ3n) is 5.02. The second-order valence-electron chi connectivity index (χ2n) is 6.66. The molecule has 0 heterocycles. The minimum Gasteiger partial charge on any atom is -0.480 e. The first-order valence-corrected chi connectivity index (χ1v) is 7.74. The van der Waals surface area contributed by atoms with Crippen molar-refractivity contribution in [1.29, 1.82) is 0 Å². The van der Waals surface area contributed by atoms with Crippen LogP contribution in [0.1, 0.15) is 52.4 Å². The number of rotatable bonds is 6. The van der Waals surface area contributed by atoms with Gasteiger partial charge in [-0.15, -0.1) is 0 Å². The zero-order valence-electron chi connectivity index (χ0n) is 12.4. The van der Waals surface area contributed by atoms with Crippen LogP contribution in [0.2, 0.25) is 0 Å². The lowest BCUT2D eigenvalue weighted by Crippen LogP contribution is -2.55. The van der Waals surface area contributed by atoms with E-state index in [9.17, 15) is 14.7 Å². The van der Waals surface area contributed by atoms with E-state index in [0.717, 1.165) is 18.3 Å². The summed E-state index contributed by atoms with van der Waals surface area (Å²) in [6.07, 6.45) is 6.33. The highest BCUT2D eigenvalue weighted by atomic mass is 16.4. The number of amides is 2. The van der Waals surface area contributed by atoms with Crippen LogP contribution in [0.5, 0.6) is 0 Å². The molecule has 0 aromatic heterocycles. The quantitative estimate of drug-likeness (QED) is 0.700. The van der Waals surface area contributed by atoms with Gasteiger partial charge in [-0.1, -0.05) is 19.8 Å². The van der Waals surface area contributed by atoms with E-state index in [1.165, 1.54) is 25.7 Å². The first kappa shape index (κ1) is 15.1. The van der Waals surface area contributed by atoms with E-state index >= 15 is 0 Å². The third-order valence-corrected chi connectivity index (χ3v) is 5.02. The smallest absolute Gasteiger partial charge is 0.329 e. The topological polar surface area (TPSA) is 78.4 Å². The number of carbonyl (C=O) groups is 2. The number of carboxylic acid groups (broad SMARTS) is 1. The molecule has 20 heavy (non-hydrogen) atoms. The Morgan fingerprint density at radius 2 is 2.05 bits per heavy atom. The van der Waals surface area contributed by atoms with Crippen molar-refractivity contribution >= 4 is 12.0 Å². The Labute approximate surface area is 120 Å². The first-order chi connectivity index (χ1) is 9.44. The highest BCUT2D eigenvalue weighted by Crippen LogP contribution is 2.47. The summed E-state index contributed by atoms with van der Waals surface area (Å²) in [7, 11) is 0. The number of carboxylic acids is 1. The van der Waals surface area contributed by atoms with Crippen molar-refractivity contribution in [1.82, 2.24) is 10.6 Å². The van der Waals surface area contributed by atoms with Crippen LogP contribution in [0.4, 0.5) is 4.79 Å². The average molecular weight is 282 g/mol. The van der Waals surface area contributed by atoms with Crippen molar-refractivity contribution in [3.05, 3.63) is 0 Å². The summed E-state index contributed by atoms with van der Waals surface area (Å²) in [6, 6.07) is -0.355. The van der Waals surface area contributed by atoms with Gasteiger partial charge >= 0.3 is 12.0 Å². The molecule has 2 fully saturated rings. The van der Waals surface area contributed by atoms with Crippen molar-refractivity contribution in [2.75, 3.05) is 6.54 Å². The minimum absolute atomic E-state index is 0.355. The van der Waals surface area contributed by atoms with E-state index in [-0.39, 0.29) is 6.03 Å². The molecule has 5 heteroatoms. The van der Waals surface area contributed by atoms with Crippen LogP contribution in [0.15, 0.2) is 0 Å². The highest BCUT2D eigenvalue weighted by Gasteiger charge is 2.39. The van der Waals surface area contributed by atoms with Gasteiger partial charge in [-0.25, -0.2) is 9.59 Å². The average Bonchev–Trinajstić information content (AvgIpc) is 2.98. The predicted octanol–water partition coefficient (Wildman–Crippen LogP) is 2.37. The van der Waals surface area contributed by atoms with Gasteiger partial charge < -0.3 is 15.7 Å². The number of aliphatic carboxylic acids is 1. The van der Waals surface area contributed by atoms with Gasteiger partial charge in [-0.3, -0.25) is 0 Å². The summed E-state index contributed by atoms with van der Waals surface area (Å²) in [6.45, 7) is 4.15. The van der Waals surface area contributed by atoms with Crippen molar-refractivity contribution in [3.63, 3.8) is 0 Å². The zero-order valence-corrected chi connectivity index (χ0v) is 12.4. The molecule has 0 radical (unpaired) electrons. The summed E-state index contributed by atoms with van der Waals surface area (Å²) >= 11 is 0. The van der Waals surface area contributed by atoms with E-state index in [0.29, 0.717) is 18.9 Å². The van der Waals surface area contributed by atoms with Gasteiger partial charge in [0.05, 0.1) is 0 Å². The fourth-order valence-electron chi connectivity index (χ4n) is 3.87. The molecule has 2 rings (SSSR count). The number of nitrogens with one attached hydrogen (secondary N) is 2. The Morgan fingerprint density at radius 3 is 2.55 bits per heavy atom. The Bertz CT molecular complexity index is 385. The largest absolute Gasteiger partial charge is 0.480 e. The van der Waals surface area contributed by atoms with Crippen LogP contribution in [-0.2, 0) is 4.79 Å². The lowest BCUT2D eigenvalue weighted by atomic mass is 9.89. The molecule has 0 spiro atoms. The minimum atomic E-state index is -1.17. The van der Waals surface area contributed by atoms with Crippen LogP contribution in [0.3, 0.4) is 0 Å². The molecule has 4 atom stereocenters. The number of fused-ring (bicyclic) bond motifs is 2. The lowest BCUT2D eigenvalue weighted by molar-refractivity contribution is -0.144. The molecule has 2 aliphatic rings. The van der Waals surface area contributed by atoms with Crippen molar-refractivity contribution in [2.45, 2.75) is 57.9 Å². The van der Waals surface area contributed by atoms with Crippen molar-refractivity contribution in [3.8, 4) is 0 Å². The number of hydrogen-bond donors (Lipinski definition) is 3. The molecule has 0 aromatic rings. The fourth-order valence-corrected chi connectivity index (χ4v) is 3.87. The number of urea groups is 1. The molecule has 5 nitrogen and oxygen atoms in total. The van der Waals surface area contributed by atoms with Gasteiger partial charge in [0, 0.05) is 6.54 Å². The van der Waals surface area contributed by atoms with E-state index in [2.05, 4.69) is 10.6 Å². The van der Waals surface area contributed by atoms with Crippen LogP contribution < -0.4 is 10.6 Å². The SMILES string of the molecule is CCCC(C)(NC(=O)NCC1CC2CCC1C2)C(=O)O. The summed E-state index contributed by atoms with van der Waals surface area (Å²) in [5.74, 6) is 1.23. The zero-order chi connectivity index (χ0) is 14.8. The maximum atomic E-state index is 11.9. The fraction of sp³-hybridized carbons (Fsp3) is 0.867. The Morgan fingerprint density at radius 1 is 1.30 bits per heavy atom. The predicted molar refractivity (Wildman–Crippen MR) is 76.4 cm³/mol.